The van der Waals surface area contributed by atoms with E-state index in [4.69, 9.17) is 10.2 Å². The molecule has 2 aromatic carbocycles. The molecule has 0 amide bonds. The molecule has 0 saturated heterocycles. The molecule has 1 heterocycles. The summed E-state index contributed by atoms with van der Waals surface area (Å²) < 4.78 is 1.95. The molecule has 0 aliphatic heterocycles. The van der Waals surface area contributed by atoms with Gasteiger partial charge in [-0.3, -0.25) is 0 Å². The summed E-state index contributed by atoms with van der Waals surface area (Å²) in [6.07, 6.45) is 3.10. The van der Waals surface area contributed by atoms with E-state index in [1.165, 1.54) is 16.7 Å². The minimum atomic E-state index is 0. The molecule has 3 aromatic rings. The Labute approximate surface area is 176 Å². The van der Waals surface area contributed by atoms with Crippen molar-refractivity contribution in [2.75, 3.05) is 14.2 Å². The smallest absolute Gasteiger partial charge is 0.0768 e. The van der Waals surface area contributed by atoms with Crippen LogP contribution in [0.5, 0.6) is 0 Å². The van der Waals surface area contributed by atoms with Gasteiger partial charge in [0.2, 0.25) is 0 Å². The molecule has 0 unspecified atom stereocenters. The summed E-state index contributed by atoms with van der Waals surface area (Å²) in [5.74, 6) is 0. The molecule has 3 rings (SSSR count). The van der Waals surface area contributed by atoms with Crippen LogP contribution in [0, 0.1) is 14.0 Å². The van der Waals surface area contributed by atoms with E-state index in [1.54, 1.807) is 0 Å². The maximum Gasteiger partial charge on any atom is 0.0768 e. The van der Waals surface area contributed by atoms with Crippen LogP contribution in [0.2, 0.25) is 0 Å². The molecule has 0 spiro atoms. The van der Waals surface area contributed by atoms with E-state index in [1.807, 2.05) is 28.8 Å². The van der Waals surface area contributed by atoms with Crippen molar-refractivity contribution in [2.24, 2.45) is 0 Å². The average molecular weight is 543 g/mol. The first-order chi connectivity index (χ1) is 12.7. The van der Waals surface area contributed by atoms with Crippen molar-refractivity contribution in [1.29, 1.82) is 0 Å². The summed E-state index contributed by atoms with van der Waals surface area (Å²) in [6.45, 7) is 6.32. The van der Waals surface area contributed by atoms with Crippen LogP contribution in [-0.2, 0) is 26.5 Å². The molecule has 1 aromatic heterocycles. The van der Waals surface area contributed by atoms with Crippen LogP contribution in [0.15, 0.2) is 66.9 Å². The number of pyridine rings is 1. The largest absolute Gasteiger partial charge is 0.400 e. The molecule has 0 aliphatic carbocycles. The van der Waals surface area contributed by atoms with Gasteiger partial charge in [-0.25, -0.2) is 0 Å². The maximum atomic E-state index is 7.00. The van der Waals surface area contributed by atoms with Crippen LogP contribution in [0.25, 0.3) is 22.4 Å². The second-order valence-electron chi connectivity index (χ2n) is 5.44. The molecule has 147 valence electrons. The molecule has 0 atom stereocenters. The summed E-state index contributed by atoms with van der Waals surface area (Å²) in [5.41, 5.74) is 7.04. The van der Waals surface area contributed by atoms with Crippen LogP contribution in [0.3, 0.4) is 0 Å². The fourth-order valence-electron chi connectivity index (χ4n) is 2.81. The quantitative estimate of drug-likeness (QED) is 0.390. The van der Waals surface area contributed by atoms with Gasteiger partial charge in [0.25, 0.3) is 0 Å². The molecule has 0 aliphatic rings. The Balaban J connectivity index is 0.00000127. The first kappa shape index (κ1) is 24.9. The Morgan fingerprint density at radius 2 is 1.41 bits per heavy atom. The van der Waals surface area contributed by atoms with Crippen molar-refractivity contribution < 1.29 is 34.9 Å². The van der Waals surface area contributed by atoms with Crippen LogP contribution in [0.1, 0.15) is 18.1 Å². The van der Waals surface area contributed by atoms with Gasteiger partial charge in [0.05, 0.1) is 11.9 Å². The first-order valence-corrected chi connectivity index (χ1v) is 8.46. The van der Waals surface area contributed by atoms with E-state index < -0.39 is 0 Å². The molecule has 0 fully saturated rings. The first-order valence-electron chi connectivity index (χ1n) is 8.46. The SMILES string of the molecule is CO.CO.[CH2-]c1ccccc1-c1cc(CC)c(-c2ccccc2)c[n+]1[CH2-].[Ir]. The second-order valence-corrected chi connectivity index (χ2v) is 5.44. The topological polar surface area (TPSA) is 44.3 Å². The predicted molar refractivity (Wildman–Crippen MR) is 108 cm³/mol. The van der Waals surface area contributed by atoms with Gasteiger partial charge < -0.3 is 14.8 Å². The van der Waals surface area contributed by atoms with Crippen LogP contribution in [-0.4, -0.2) is 24.4 Å². The fraction of sp³-hybridized carbons (Fsp3) is 0.174. The zero-order valence-corrected chi connectivity index (χ0v) is 18.5. The number of benzene rings is 2. The number of hydrogen-bond donors (Lipinski definition) is 2. The van der Waals surface area contributed by atoms with Crippen molar-refractivity contribution in [1.82, 2.24) is 0 Å². The van der Waals surface area contributed by atoms with Gasteiger partial charge in [0, 0.05) is 41.4 Å². The number of rotatable bonds is 3. The summed E-state index contributed by atoms with van der Waals surface area (Å²) in [5, 5.41) is 14.0. The number of aliphatic hydroxyl groups is 2. The standard InChI is InChI=1S/C21H20N.2CH4O.Ir/c1-4-17-14-21(19-13-9-8-10-16(19)2)22(3)15-20(17)18-11-6-5-7-12-18;2*1-2;/h5-15H,2-4H2,1H3;2*2H,1H3;/q-1;;;. The van der Waals surface area contributed by atoms with E-state index >= 15 is 0 Å². The predicted octanol–water partition coefficient (Wildman–Crippen LogP) is 3.91. The van der Waals surface area contributed by atoms with Crippen LogP contribution < -0.4 is 4.57 Å². The van der Waals surface area contributed by atoms with Crippen LogP contribution in [0.4, 0.5) is 0 Å². The molecule has 2 N–H and O–H groups in total. The summed E-state index contributed by atoms with van der Waals surface area (Å²) in [6, 6.07) is 20.9. The second kappa shape index (κ2) is 13.1. The molecule has 4 heteroatoms. The third kappa shape index (κ3) is 6.23. The maximum absolute atomic E-state index is 7.00. The Morgan fingerprint density at radius 1 is 0.852 bits per heavy atom. The van der Waals surface area contributed by atoms with Crippen molar-refractivity contribution in [3.8, 4) is 22.4 Å². The van der Waals surface area contributed by atoms with Gasteiger partial charge in [-0.2, -0.15) is 18.6 Å². The van der Waals surface area contributed by atoms with Crippen molar-refractivity contribution in [3.63, 3.8) is 0 Å². The number of aryl methyl sites for hydroxylation is 1. The Kier molecular flexibility index (Phi) is 12.1. The molecule has 0 saturated carbocycles. The third-order valence-corrected chi connectivity index (χ3v) is 4.01. The monoisotopic (exact) mass is 543 g/mol. The van der Waals surface area contributed by atoms with E-state index in [0.717, 1.165) is 37.5 Å². The van der Waals surface area contributed by atoms with Gasteiger partial charge in [-0.15, -0.1) is 17.7 Å². The number of aliphatic hydroxyl groups excluding tert-OH is 2. The minimum absolute atomic E-state index is 0. The summed E-state index contributed by atoms with van der Waals surface area (Å²) >= 11 is 0. The Bertz CT molecular complexity index is 805. The molecular formula is C23H28IrNO2-. The van der Waals surface area contributed by atoms with E-state index in [9.17, 15) is 0 Å². The zero-order chi connectivity index (χ0) is 19.5. The van der Waals surface area contributed by atoms with Crippen molar-refractivity contribution in [2.45, 2.75) is 13.3 Å². The normalized spacial score (nSPS) is 9.07. The minimum Gasteiger partial charge on any atom is -0.400 e. The fourth-order valence-corrected chi connectivity index (χ4v) is 2.81. The molecular weight excluding hydrogens is 514 g/mol. The summed E-state index contributed by atoms with van der Waals surface area (Å²) in [4.78, 5) is 0. The van der Waals surface area contributed by atoms with Gasteiger partial charge in [-0.1, -0.05) is 55.0 Å². The Morgan fingerprint density at radius 3 is 1.96 bits per heavy atom. The van der Waals surface area contributed by atoms with Gasteiger partial charge >= 0.3 is 0 Å². The number of aromatic nitrogens is 1. The molecule has 0 bridgehead atoms. The third-order valence-electron chi connectivity index (χ3n) is 4.01. The summed E-state index contributed by atoms with van der Waals surface area (Å²) in [7, 11) is 6.19. The number of hydrogen-bond acceptors (Lipinski definition) is 2. The van der Waals surface area contributed by atoms with E-state index in [-0.39, 0.29) is 20.1 Å². The van der Waals surface area contributed by atoms with Crippen molar-refractivity contribution >= 4 is 0 Å². The van der Waals surface area contributed by atoms with E-state index in [2.05, 4.69) is 63.5 Å². The van der Waals surface area contributed by atoms with Gasteiger partial charge in [0.15, 0.2) is 0 Å². The van der Waals surface area contributed by atoms with Gasteiger partial charge in [-0.05, 0) is 17.5 Å². The molecule has 27 heavy (non-hydrogen) atoms. The van der Waals surface area contributed by atoms with Crippen LogP contribution >= 0.6 is 0 Å². The number of nitrogens with zero attached hydrogens (tertiary/aromatic N) is 1. The van der Waals surface area contributed by atoms with E-state index in [0.29, 0.717) is 0 Å². The molecule has 3 nitrogen and oxygen atoms in total. The molecule has 1 radical (unpaired) electrons. The zero-order valence-electron chi connectivity index (χ0n) is 16.1. The average Bonchev–Trinajstić information content (AvgIpc) is 2.72. The van der Waals surface area contributed by atoms with Gasteiger partial charge in [0.1, 0.15) is 0 Å². The van der Waals surface area contributed by atoms with Crippen molar-refractivity contribution in [3.05, 3.63) is 92.0 Å². The Hall–Kier alpha value is -2.10.